The third-order valence-corrected chi connectivity index (χ3v) is 6.87. The van der Waals surface area contributed by atoms with Crippen molar-refractivity contribution in [1.82, 2.24) is 9.55 Å². The van der Waals surface area contributed by atoms with Gasteiger partial charge in [0.2, 0.25) is 5.91 Å². The lowest BCUT2D eigenvalue weighted by Gasteiger charge is -2.12. The average Bonchev–Trinajstić information content (AvgIpc) is 3.17. The van der Waals surface area contributed by atoms with Gasteiger partial charge in [-0.25, -0.2) is 4.98 Å². The molecule has 1 aliphatic rings. The van der Waals surface area contributed by atoms with Crippen molar-refractivity contribution in [2.75, 3.05) is 5.32 Å². The maximum atomic E-state index is 13.2. The predicted octanol–water partition coefficient (Wildman–Crippen LogP) is 5.08. The lowest BCUT2D eigenvalue weighted by molar-refractivity contribution is -0.116. The minimum Gasteiger partial charge on any atom is -0.457 e. The van der Waals surface area contributed by atoms with E-state index in [2.05, 4.69) is 10.3 Å². The van der Waals surface area contributed by atoms with Gasteiger partial charge in [0.05, 0.1) is 5.39 Å². The molecule has 0 bridgehead atoms. The summed E-state index contributed by atoms with van der Waals surface area (Å²) in [5.41, 5.74) is 1.66. The summed E-state index contributed by atoms with van der Waals surface area (Å²) in [6, 6.07) is 16.7. The zero-order chi connectivity index (χ0) is 22.1. The van der Waals surface area contributed by atoms with Crippen LogP contribution in [0.15, 0.2) is 59.4 Å². The Hall–Kier alpha value is -3.45. The highest BCUT2D eigenvalue weighted by Crippen LogP contribution is 2.33. The quantitative estimate of drug-likeness (QED) is 0.465. The van der Waals surface area contributed by atoms with E-state index < -0.39 is 0 Å². The minimum atomic E-state index is -0.267. The summed E-state index contributed by atoms with van der Waals surface area (Å²) in [6.45, 7) is 1.71. The van der Waals surface area contributed by atoms with Crippen molar-refractivity contribution in [3.63, 3.8) is 0 Å². The van der Waals surface area contributed by atoms with Crippen LogP contribution in [0.5, 0.6) is 11.5 Å². The molecule has 6 nitrogen and oxygen atoms in total. The van der Waals surface area contributed by atoms with Crippen LogP contribution in [0.25, 0.3) is 10.2 Å². The van der Waals surface area contributed by atoms with Crippen LogP contribution >= 0.6 is 11.3 Å². The van der Waals surface area contributed by atoms with Crippen LogP contribution in [0.2, 0.25) is 0 Å². The summed E-state index contributed by atoms with van der Waals surface area (Å²) in [5.74, 6) is 1.72. The Bertz CT molecular complexity index is 1340. The van der Waals surface area contributed by atoms with Gasteiger partial charge in [-0.2, -0.15) is 0 Å². The number of nitrogens with one attached hydrogen (secondary N) is 1. The number of ether oxygens (including phenoxy) is 1. The average molecular weight is 446 g/mol. The Morgan fingerprint density at radius 2 is 1.78 bits per heavy atom. The van der Waals surface area contributed by atoms with Gasteiger partial charge in [-0.15, -0.1) is 11.3 Å². The lowest BCUT2D eigenvalue weighted by atomic mass is 9.97. The zero-order valence-electron chi connectivity index (χ0n) is 17.8. The molecule has 1 aliphatic carbocycles. The van der Waals surface area contributed by atoms with E-state index in [-0.39, 0.29) is 18.0 Å². The summed E-state index contributed by atoms with van der Waals surface area (Å²) >= 11 is 1.62. The third-order valence-electron chi connectivity index (χ3n) is 5.68. The first kappa shape index (κ1) is 20.5. The Morgan fingerprint density at radius 3 is 2.56 bits per heavy atom. The molecule has 4 aromatic rings. The summed E-state index contributed by atoms with van der Waals surface area (Å²) < 4.78 is 7.26. The number of benzene rings is 2. The number of hydrogen-bond donors (Lipinski definition) is 1. The fourth-order valence-electron chi connectivity index (χ4n) is 4.10. The van der Waals surface area contributed by atoms with E-state index >= 15 is 0 Å². The topological polar surface area (TPSA) is 73.2 Å². The molecule has 162 valence electrons. The van der Waals surface area contributed by atoms with Crippen LogP contribution in [0, 0.1) is 6.92 Å². The second-order valence-electron chi connectivity index (χ2n) is 7.93. The number of para-hydroxylation sites is 1. The highest BCUT2D eigenvalue weighted by atomic mass is 32.1. The number of aryl methyl sites for hydroxylation is 3. The van der Waals surface area contributed by atoms with Gasteiger partial charge >= 0.3 is 0 Å². The fraction of sp³-hybridized carbons (Fsp3) is 0.240. The molecule has 0 aliphatic heterocycles. The Morgan fingerprint density at radius 1 is 1.06 bits per heavy atom. The molecule has 0 fully saturated rings. The maximum Gasteiger partial charge on any atom is 0.263 e. The molecule has 2 heterocycles. The van der Waals surface area contributed by atoms with E-state index in [4.69, 9.17) is 4.74 Å². The van der Waals surface area contributed by atoms with Crippen LogP contribution in [-0.2, 0) is 24.2 Å². The second kappa shape index (κ2) is 8.59. The Labute approximate surface area is 189 Å². The first-order chi connectivity index (χ1) is 15.6. The van der Waals surface area contributed by atoms with E-state index in [0.717, 1.165) is 41.8 Å². The third kappa shape index (κ3) is 4.03. The van der Waals surface area contributed by atoms with E-state index in [0.29, 0.717) is 22.6 Å². The van der Waals surface area contributed by atoms with Crippen molar-refractivity contribution in [3.8, 4) is 11.5 Å². The van der Waals surface area contributed by atoms with Crippen molar-refractivity contribution in [2.45, 2.75) is 39.2 Å². The number of anilines is 1. The molecule has 7 heteroatoms. The van der Waals surface area contributed by atoms with Crippen molar-refractivity contribution in [1.29, 1.82) is 0 Å². The van der Waals surface area contributed by atoms with Crippen LogP contribution < -0.4 is 15.6 Å². The van der Waals surface area contributed by atoms with Crippen molar-refractivity contribution in [3.05, 3.63) is 81.2 Å². The molecule has 0 saturated carbocycles. The molecule has 0 radical (unpaired) electrons. The molecule has 0 unspecified atom stereocenters. The van der Waals surface area contributed by atoms with Crippen LogP contribution in [0.1, 0.15) is 29.1 Å². The van der Waals surface area contributed by atoms with Crippen LogP contribution in [0.3, 0.4) is 0 Å². The number of carbonyl (C=O) groups is 1. The Kier molecular flexibility index (Phi) is 5.49. The lowest BCUT2D eigenvalue weighted by Crippen LogP contribution is -2.30. The van der Waals surface area contributed by atoms with Gasteiger partial charge < -0.3 is 10.1 Å². The van der Waals surface area contributed by atoms with Gasteiger partial charge in [-0.1, -0.05) is 18.2 Å². The van der Waals surface area contributed by atoms with Gasteiger partial charge in [-0.05, 0) is 74.6 Å². The minimum absolute atomic E-state index is 0.0690. The largest absolute Gasteiger partial charge is 0.457 e. The highest BCUT2D eigenvalue weighted by molar-refractivity contribution is 7.18. The Balaban J connectivity index is 1.32. The normalized spacial score (nSPS) is 13.0. The molecule has 1 amide bonds. The molecule has 2 aromatic heterocycles. The molecule has 0 atom stereocenters. The fourth-order valence-corrected chi connectivity index (χ4v) is 5.40. The van der Waals surface area contributed by atoms with Crippen molar-refractivity contribution >= 4 is 33.1 Å². The van der Waals surface area contributed by atoms with Crippen LogP contribution in [-0.4, -0.2) is 15.5 Å². The van der Waals surface area contributed by atoms with E-state index in [9.17, 15) is 9.59 Å². The molecule has 32 heavy (non-hydrogen) atoms. The summed E-state index contributed by atoms with van der Waals surface area (Å²) in [5, 5.41) is 3.56. The van der Waals surface area contributed by atoms with Gasteiger partial charge in [-0.3, -0.25) is 14.2 Å². The predicted molar refractivity (Wildman–Crippen MR) is 127 cm³/mol. The van der Waals surface area contributed by atoms with Gasteiger partial charge in [0.25, 0.3) is 5.56 Å². The van der Waals surface area contributed by atoms with Gasteiger partial charge in [0.15, 0.2) is 0 Å². The molecular formula is C25H23N3O3S. The summed E-state index contributed by atoms with van der Waals surface area (Å²) in [6.07, 6.45) is 4.18. The van der Waals surface area contributed by atoms with Crippen LogP contribution in [0.4, 0.5) is 5.69 Å². The number of fused-ring (bicyclic) bond motifs is 3. The van der Waals surface area contributed by atoms with Gasteiger partial charge in [0.1, 0.15) is 28.7 Å². The molecule has 2 aromatic carbocycles. The summed E-state index contributed by atoms with van der Waals surface area (Å²) in [4.78, 5) is 32.6. The number of amides is 1. The van der Waals surface area contributed by atoms with E-state index in [1.165, 1.54) is 9.44 Å². The number of hydrogen-bond acceptors (Lipinski definition) is 5. The molecule has 0 spiro atoms. The monoisotopic (exact) mass is 445 g/mol. The maximum absolute atomic E-state index is 13.2. The number of thiophene rings is 1. The van der Waals surface area contributed by atoms with E-state index in [1.807, 2.05) is 30.3 Å². The molecule has 0 saturated heterocycles. The second-order valence-corrected chi connectivity index (χ2v) is 9.01. The number of carbonyl (C=O) groups excluding carboxylic acids is 1. The first-order valence-corrected chi connectivity index (χ1v) is 11.5. The zero-order valence-corrected chi connectivity index (χ0v) is 18.6. The van der Waals surface area contributed by atoms with Crippen molar-refractivity contribution < 1.29 is 9.53 Å². The first-order valence-electron chi connectivity index (χ1n) is 10.7. The molecular weight excluding hydrogens is 422 g/mol. The number of nitrogens with zero attached hydrogens (tertiary/aromatic N) is 2. The van der Waals surface area contributed by atoms with Gasteiger partial charge in [0, 0.05) is 10.6 Å². The smallest absolute Gasteiger partial charge is 0.263 e. The van der Waals surface area contributed by atoms with Crippen molar-refractivity contribution in [2.24, 2.45) is 0 Å². The number of rotatable bonds is 5. The molecule has 1 N–H and O–H groups in total. The summed E-state index contributed by atoms with van der Waals surface area (Å²) in [7, 11) is 0. The standard InChI is InChI=1S/C25H23N3O3S/c1-16-26-24-23(20-9-5-6-10-21(20)32-24)25(30)28(16)15-22(29)27-17-11-13-19(14-12-17)31-18-7-3-2-4-8-18/h2-4,7-8,11-14H,5-6,9-10,15H2,1H3,(H,27,29). The number of aromatic nitrogens is 2. The highest BCUT2D eigenvalue weighted by Gasteiger charge is 2.21. The molecule has 5 rings (SSSR count). The van der Waals surface area contributed by atoms with E-state index in [1.54, 1.807) is 42.5 Å². The SMILES string of the molecule is Cc1nc2sc3c(c2c(=O)n1CC(=O)Nc1ccc(Oc2ccccc2)cc1)CCCC3.